The molecule has 528 valence electrons. The predicted molar refractivity (Wildman–Crippen MR) is 305 cm³/mol. The topological polar surface area (TPSA) is 525 Å². The molecule has 0 aromatic rings. The highest BCUT2D eigenvalue weighted by molar-refractivity contribution is 5.74. The van der Waals surface area contributed by atoms with Gasteiger partial charge in [-0.2, -0.15) is 0 Å². The number of carboxylic acid groups (broad SMARTS) is 4. The van der Waals surface area contributed by atoms with Crippen molar-refractivity contribution in [1.82, 2.24) is 0 Å². The second-order valence-electron chi connectivity index (χ2n) is 23.2. The molecule has 5 aliphatic heterocycles. The minimum Gasteiger partial charge on any atom is -0.479 e. The highest BCUT2D eigenvalue weighted by atomic mass is 16.8. The van der Waals surface area contributed by atoms with Gasteiger partial charge in [-0.15, -0.1) is 0 Å². The van der Waals surface area contributed by atoms with Crippen LogP contribution in [0, 0.1) is 0 Å². The molecule has 0 bridgehead atoms. The van der Waals surface area contributed by atoms with Gasteiger partial charge < -0.3 is 139 Å². The predicted octanol–water partition coefficient (Wildman–Crippen LogP) is -1.93. The van der Waals surface area contributed by atoms with Gasteiger partial charge in [-0.25, -0.2) is 19.2 Å². The molecule has 0 saturated carbocycles. The van der Waals surface area contributed by atoms with Crippen molar-refractivity contribution in [2.45, 2.75) is 316 Å². The Morgan fingerprint density at radius 2 is 0.533 bits per heavy atom. The minimum atomic E-state index is -1.99. The maximum absolute atomic E-state index is 11.8. The molecule has 32 nitrogen and oxygen atoms in total. The van der Waals surface area contributed by atoms with Crippen LogP contribution in [0.1, 0.15) is 162 Å². The Labute approximate surface area is 523 Å². The lowest BCUT2D eigenvalue weighted by molar-refractivity contribution is -0.350. The lowest BCUT2D eigenvalue weighted by Gasteiger charge is -2.44. The highest BCUT2D eigenvalue weighted by Gasteiger charge is 2.55. The van der Waals surface area contributed by atoms with Crippen LogP contribution in [0.25, 0.3) is 0 Å². The number of ether oxygens (including phenoxy) is 10. The van der Waals surface area contributed by atoms with E-state index < -0.39 is 184 Å². The normalized spacial score (nSPS) is 37.0. The van der Waals surface area contributed by atoms with Crippen molar-refractivity contribution in [1.29, 1.82) is 0 Å². The summed E-state index contributed by atoms with van der Waals surface area (Å²) in [5, 5.41) is 176. The Kier molecular flexibility index (Phi) is 38.9. The van der Waals surface area contributed by atoms with Gasteiger partial charge >= 0.3 is 23.9 Å². The fourth-order valence-corrected chi connectivity index (χ4v) is 10.4. The molecule has 0 aromatic heterocycles. The molecule has 5 aliphatic rings. The summed E-state index contributed by atoms with van der Waals surface area (Å²) in [6.45, 7) is 6.71. The molecular weight excluding hydrogens is 1210 g/mol. The highest BCUT2D eigenvalue weighted by Crippen LogP contribution is 2.32. The number of rotatable bonds is 37. The minimum absolute atomic E-state index is 0.164. The van der Waals surface area contributed by atoms with E-state index >= 15 is 0 Å². The zero-order valence-electron chi connectivity index (χ0n) is 51.6. The first-order valence-electron chi connectivity index (χ1n) is 31.6. The Bertz CT molecular complexity index is 1980. The molecule has 5 saturated heterocycles. The van der Waals surface area contributed by atoms with E-state index in [1.54, 1.807) is 0 Å². The number of carbonyl (C=O) groups is 4. The Morgan fingerprint density at radius 1 is 0.278 bits per heavy atom. The molecule has 5 fully saturated rings. The largest absolute Gasteiger partial charge is 0.479 e. The number of unbranched alkanes of at least 4 members (excludes halogenated alkanes) is 19. The van der Waals surface area contributed by atoms with E-state index in [2.05, 4.69) is 20.8 Å². The second-order valence-corrected chi connectivity index (χ2v) is 23.2. The van der Waals surface area contributed by atoms with Crippen LogP contribution in [-0.2, 0) is 66.5 Å². The fraction of sp³-hybridized carbons (Fsp3) is 0.931. The third-order valence-corrected chi connectivity index (χ3v) is 16.0. The molecule has 0 amide bonds. The van der Waals surface area contributed by atoms with Crippen molar-refractivity contribution < 1.29 is 158 Å². The Balaban J connectivity index is 0.000000366. The lowest BCUT2D eigenvalue weighted by atomic mass is 9.96. The van der Waals surface area contributed by atoms with Crippen LogP contribution in [-0.4, -0.2) is 296 Å². The summed E-state index contributed by atoms with van der Waals surface area (Å²) in [4.78, 5) is 45.1. The van der Waals surface area contributed by atoms with Crippen molar-refractivity contribution in [3.05, 3.63) is 0 Å². The maximum Gasteiger partial charge on any atom is 0.335 e. The van der Waals surface area contributed by atoms with E-state index in [1.165, 1.54) is 64.2 Å². The zero-order chi connectivity index (χ0) is 67.2. The lowest BCUT2D eigenvalue weighted by Crippen LogP contribution is -2.65. The van der Waals surface area contributed by atoms with Gasteiger partial charge in [0.05, 0.1) is 6.61 Å². The van der Waals surface area contributed by atoms with E-state index in [0.29, 0.717) is 13.0 Å². The van der Waals surface area contributed by atoms with Crippen LogP contribution in [0.5, 0.6) is 0 Å². The van der Waals surface area contributed by atoms with E-state index in [1.807, 2.05) is 0 Å². The van der Waals surface area contributed by atoms with Gasteiger partial charge in [0.25, 0.3) is 0 Å². The van der Waals surface area contributed by atoms with E-state index in [4.69, 9.17) is 62.7 Å². The third-order valence-electron chi connectivity index (χ3n) is 16.0. The Morgan fingerprint density at radius 3 is 0.867 bits per heavy atom. The summed E-state index contributed by atoms with van der Waals surface area (Å²) < 4.78 is 52.6. The van der Waals surface area contributed by atoms with Crippen molar-refractivity contribution in [2.24, 2.45) is 0 Å². The van der Waals surface area contributed by atoms with Gasteiger partial charge in [-0.1, -0.05) is 143 Å². The van der Waals surface area contributed by atoms with Gasteiger partial charge in [0.1, 0.15) is 97.7 Å². The number of hydrogen-bond donors (Lipinski definition) is 18. The molecule has 18 N–H and O–H groups in total. The average Bonchev–Trinajstić information content (AvgIpc) is 0.832. The van der Waals surface area contributed by atoms with Gasteiger partial charge in [-0.05, 0) is 19.3 Å². The van der Waals surface area contributed by atoms with Gasteiger partial charge in [0, 0.05) is 19.8 Å². The van der Waals surface area contributed by atoms with Crippen LogP contribution < -0.4 is 0 Å². The Hall–Kier alpha value is -3.08. The van der Waals surface area contributed by atoms with Crippen LogP contribution >= 0.6 is 0 Å². The number of carboxylic acids is 4. The molecule has 32 heteroatoms. The molecule has 25 atom stereocenters. The first kappa shape index (κ1) is 81.2. The number of aliphatic hydroxyl groups is 14. The summed E-state index contributed by atoms with van der Waals surface area (Å²) in [7, 11) is 0. The van der Waals surface area contributed by atoms with Crippen molar-refractivity contribution in [2.75, 3.05) is 26.4 Å². The average molecular weight is 1310 g/mol. The molecule has 6 unspecified atom stereocenters. The molecule has 5 rings (SSSR count). The molecule has 0 aromatic carbocycles. The van der Waals surface area contributed by atoms with Gasteiger partial charge in [0.15, 0.2) is 55.9 Å². The fourth-order valence-electron chi connectivity index (χ4n) is 10.4. The molecule has 0 spiro atoms. The summed E-state index contributed by atoms with van der Waals surface area (Å²) >= 11 is 0. The molecule has 5 heterocycles. The monoisotopic (exact) mass is 1310 g/mol. The number of hydrogen-bond acceptors (Lipinski definition) is 28. The van der Waals surface area contributed by atoms with E-state index in [9.17, 15) is 95.8 Å². The standard InChI is InChI=1S/C24H42O13.C20H36O12.C14H26O7/c1-2-3-4-5-6-7-8-9-10-11-12-34-23-17(29)15(27)18(20(37-23)22(32)33)35-24-16(28)13(25)14(26)19(36-24)21(30)31;1-2-3-4-5-6-7-8-29-19-15(25)12(22)11(21)10(31-19)9-30-20-16(26)13(23)14(24)17(32-20)18(27)28;1-2-3-4-5-6-7-8-20-14-11(17)9(15)10(16)12(21-14)13(18)19/h13-20,23-29H,2-12H2,1H3,(H,30,31)(H,32,33);10-17,19-26H,2-9H2,1H3,(H,27,28);9-12,14-17H,2-8H2,1H3,(H,18,19)/t13-,14-,15+,16?,17?,18-,19?,20?,23+,24+;10-,11-,12+,13+,14-,15-,16-,17+,19-,20+;9-,10-,11?,12?,14+/m010/s1. The number of aliphatic hydroxyl groups excluding tert-OH is 14. The van der Waals surface area contributed by atoms with Crippen molar-refractivity contribution in [3.63, 3.8) is 0 Å². The zero-order valence-corrected chi connectivity index (χ0v) is 51.6. The summed E-state index contributed by atoms with van der Waals surface area (Å²) in [6, 6.07) is 0. The van der Waals surface area contributed by atoms with Gasteiger partial charge in [-0.3, -0.25) is 0 Å². The maximum atomic E-state index is 11.8. The number of aliphatic carboxylic acids is 4. The quantitative estimate of drug-likeness (QED) is 0.0301. The summed E-state index contributed by atoms with van der Waals surface area (Å²) in [6.07, 6.45) is -18.6. The molecule has 90 heavy (non-hydrogen) atoms. The second kappa shape index (κ2) is 43.1. The molecule has 0 radical (unpaired) electrons. The van der Waals surface area contributed by atoms with Crippen LogP contribution in [0.4, 0.5) is 0 Å². The first-order valence-corrected chi connectivity index (χ1v) is 31.6. The SMILES string of the molecule is CCCCCCCCCCCCO[C@@H]1OC(C(=O)O)[C@@H](O[C@@H]2OC(C(=O)O)[C@@H](O)[C@H](O)C2O)[C@H](O)C1O.CCCCCCCCO[C@@H]1OC(C(=O)O)[C@@H](O)[C@H](O)C1O.CCCCCCCCO[C@@H]1O[C@H](CO[C@H]2O[C@H](C(=O)O)[C@H](O)[C@H](O)[C@H]2O)[C@@H](O)[C@H](O)[C@H]1O. The molecular formula is C58H104O32. The van der Waals surface area contributed by atoms with Crippen molar-refractivity contribution >= 4 is 23.9 Å². The van der Waals surface area contributed by atoms with Crippen LogP contribution in [0.3, 0.4) is 0 Å². The smallest absolute Gasteiger partial charge is 0.335 e. The molecule has 0 aliphatic carbocycles. The summed E-state index contributed by atoms with van der Waals surface area (Å²) in [5.41, 5.74) is 0. The van der Waals surface area contributed by atoms with Crippen molar-refractivity contribution in [3.8, 4) is 0 Å². The van der Waals surface area contributed by atoms with E-state index in [0.717, 1.165) is 70.6 Å². The van der Waals surface area contributed by atoms with Gasteiger partial charge in [0.2, 0.25) is 0 Å². The first-order chi connectivity index (χ1) is 42.8. The van der Waals surface area contributed by atoms with Crippen LogP contribution in [0.2, 0.25) is 0 Å². The van der Waals surface area contributed by atoms with E-state index in [-0.39, 0.29) is 13.2 Å². The van der Waals surface area contributed by atoms with Crippen LogP contribution in [0.15, 0.2) is 0 Å². The third kappa shape index (κ3) is 25.6. The summed E-state index contributed by atoms with van der Waals surface area (Å²) in [5.74, 6) is -6.21.